The van der Waals surface area contributed by atoms with Crippen molar-refractivity contribution in [2.45, 2.75) is 89.3 Å². The lowest BCUT2D eigenvalue weighted by molar-refractivity contribution is -0.140. The van der Waals surface area contributed by atoms with Crippen LogP contribution in [0, 0.1) is 5.92 Å². The van der Waals surface area contributed by atoms with E-state index in [-0.39, 0.29) is 56.4 Å². The molecule has 0 aromatic heterocycles. The summed E-state index contributed by atoms with van der Waals surface area (Å²) in [5, 5.41) is 34.8. The number of likely N-dealkylation sites (tertiary alicyclic amines) is 1. The molecule has 0 aliphatic carbocycles. The number of fused-ring (bicyclic) bond motifs is 2. The highest BCUT2D eigenvalue weighted by Gasteiger charge is 2.53. The molecule has 13 nitrogen and oxygen atoms in total. The summed E-state index contributed by atoms with van der Waals surface area (Å²) >= 11 is 0. The molecule has 1 saturated heterocycles. The minimum absolute atomic E-state index is 0.0603. The molecule has 1 fully saturated rings. The number of aliphatic hydroxyl groups is 3. The lowest BCUT2D eigenvalue weighted by Crippen LogP contribution is -2.49. The van der Waals surface area contributed by atoms with Crippen LogP contribution in [0.3, 0.4) is 0 Å². The van der Waals surface area contributed by atoms with Crippen LogP contribution in [0.2, 0.25) is 0 Å². The van der Waals surface area contributed by atoms with E-state index in [1.165, 1.54) is 12.0 Å². The number of aliphatic hydroxyl groups excluding tert-OH is 2. The lowest BCUT2D eigenvalue weighted by atomic mass is 9.82. The molecule has 0 saturated carbocycles. The molecule has 288 valence electrons. The van der Waals surface area contributed by atoms with Crippen LogP contribution in [0.1, 0.15) is 76.3 Å². The first-order valence-corrected chi connectivity index (χ1v) is 18.9. The normalized spacial score (nSPS) is 21.7. The van der Waals surface area contributed by atoms with Gasteiger partial charge < -0.3 is 39.9 Å². The molecule has 0 bridgehead atoms. The van der Waals surface area contributed by atoms with E-state index < -0.39 is 23.5 Å². The molecule has 4 atom stereocenters. The molecule has 5 rings (SSSR count). The van der Waals surface area contributed by atoms with Gasteiger partial charge in [0.15, 0.2) is 5.60 Å². The number of unbranched alkanes of at least 4 members (excludes halogenated alkanes) is 2. The van der Waals surface area contributed by atoms with E-state index >= 15 is 0 Å². The number of benzene rings is 2. The van der Waals surface area contributed by atoms with E-state index in [1.54, 1.807) is 47.1 Å². The second-order valence-corrected chi connectivity index (χ2v) is 14.0. The van der Waals surface area contributed by atoms with Gasteiger partial charge in [0.1, 0.15) is 5.75 Å². The van der Waals surface area contributed by atoms with E-state index in [4.69, 9.17) is 9.47 Å². The van der Waals surface area contributed by atoms with Crippen molar-refractivity contribution in [3.05, 3.63) is 59.7 Å². The van der Waals surface area contributed by atoms with Gasteiger partial charge in [-0.1, -0.05) is 19.1 Å². The van der Waals surface area contributed by atoms with Gasteiger partial charge in [-0.25, -0.2) is 0 Å². The summed E-state index contributed by atoms with van der Waals surface area (Å²) in [5.41, 5.74) is 0.890. The number of nitrogens with one attached hydrogen (secondary N) is 1. The van der Waals surface area contributed by atoms with Crippen LogP contribution in [0.4, 0.5) is 17.1 Å². The van der Waals surface area contributed by atoms with Crippen molar-refractivity contribution < 1.29 is 44.0 Å². The Morgan fingerprint density at radius 3 is 2.60 bits per heavy atom. The van der Waals surface area contributed by atoms with Crippen LogP contribution in [0.5, 0.6) is 5.75 Å². The van der Waals surface area contributed by atoms with Gasteiger partial charge in [0.25, 0.3) is 5.91 Å². The van der Waals surface area contributed by atoms with E-state index in [2.05, 4.69) is 5.32 Å². The number of rotatable bonds is 18. The summed E-state index contributed by atoms with van der Waals surface area (Å²) in [6, 6.07) is 10.1. The zero-order valence-electron chi connectivity index (χ0n) is 31.1. The first-order valence-electron chi connectivity index (χ1n) is 18.9. The monoisotopic (exact) mass is 734 g/mol. The van der Waals surface area contributed by atoms with Gasteiger partial charge in [-0.3, -0.25) is 24.1 Å². The van der Waals surface area contributed by atoms with Crippen molar-refractivity contribution in [3.8, 4) is 5.75 Å². The fourth-order valence-corrected chi connectivity index (χ4v) is 7.64. The number of hydrogen-bond donors (Lipinski definition) is 4. The largest absolute Gasteiger partial charge is 0.494 e. The van der Waals surface area contributed by atoms with E-state index in [0.717, 1.165) is 18.4 Å². The van der Waals surface area contributed by atoms with Crippen LogP contribution in [0.15, 0.2) is 48.6 Å². The third kappa shape index (κ3) is 8.59. The molecule has 0 spiro atoms. The number of amides is 3. The first kappa shape index (κ1) is 39.9. The Morgan fingerprint density at radius 2 is 1.87 bits per heavy atom. The summed E-state index contributed by atoms with van der Waals surface area (Å²) < 4.78 is 10.5. The Bertz CT molecular complexity index is 1660. The van der Waals surface area contributed by atoms with Gasteiger partial charge in [-0.05, 0) is 100 Å². The molecule has 3 heterocycles. The standard InChI is InChI=1S/C40H54N4O9/c1-4-53-31-16-18-34-28(23-31)24-33(41-19-6-8-22-45)38(49)44(34)29-15-17-35-32(25-29)40(51,39(50)43(35)20-7-5-14-37(48)52-3)27(2)11-9-13-36(47)42-21-10-12-30(42)26-46/h9,11,15-18,23,25,27,30,33,41,45-46,51H,4-8,10,12-14,19-22,24,26H2,1-3H3/b11-9+/t27-,30-,33?,40+/m0/s1. The number of nitrogens with zero attached hydrogens (tertiary/aromatic N) is 3. The molecule has 53 heavy (non-hydrogen) atoms. The lowest BCUT2D eigenvalue weighted by Gasteiger charge is -2.35. The molecule has 2 aromatic rings. The van der Waals surface area contributed by atoms with Crippen molar-refractivity contribution in [2.24, 2.45) is 5.92 Å². The predicted octanol–water partition coefficient (Wildman–Crippen LogP) is 3.48. The van der Waals surface area contributed by atoms with Gasteiger partial charge >= 0.3 is 5.97 Å². The molecule has 0 radical (unpaired) electrons. The minimum atomic E-state index is -2.02. The Hall–Kier alpha value is -4.30. The van der Waals surface area contributed by atoms with Crippen LogP contribution < -0.4 is 19.9 Å². The third-order valence-electron chi connectivity index (χ3n) is 10.6. The molecular formula is C40H54N4O9. The fraction of sp³-hybridized carbons (Fsp3) is 0.550. The topological polar surface area (TPSA) is 169 Å². The Labute approximate surface area is 311 Å². The highest BCUT2D eigenvalue weighted by Crippen LogP contribution is 2.48. The van der Waals surface area contributed by atoms with E-state index in [0.29, 0.717) is 80.2 Å². The summed E-state index contributed by atoms with van der Waals surface area (Å²) in [6.45, 7) is 5.48. The zero-order chi connectivity index (χ0) is 38.1. The van der Waals surface area contributed by atoms with Crippen molar-refractivity contribution in [1.82, 2.24) is 10.2 Å². The maximum absolute atomic E-state index is 14.3. The number of ether oxygens (including phenoxy) is 2. The summed E-state index contributed by atoms with van der Waals surface area (Å²) in [5.74, 6) is -1.25. The Balaban J connectivity index is 1.49. The predicted molar refractivity (Wildman–Crippen MR) is 200 cm³/mol. The molecule has 3 aliphatic heterocycles. The van der Waals surface area contributed by atoms with Gasteiger partial charge in [0.05, 0.1) is 43.8 Å². The van der Waals surface area contributed by atoms with Crippen molar-refractivity contribution >= 4 is 40.8 Å². The smallest absolute Gasteiger partial charge is 0.305 e. The van der Waals surface area contributed by atoms with Crippen LogP contribution in [-0.2, 0) is 35.9 Å². The van der Waals surface area contributed by atoms with Crippen LogP contribution in [-0.4, -0.2) is 103 Å². The molecule has 1 unspecified atom stereocenters. The number of hydrogen-bond acceptors (Lipinski definition) is 10. The Kier molecular flexibility index (Phi) is 13.7. The maximum Gasteiger partial charge on any atom is 0.305 e. The molecular weight excluding hydrogens is 680 g/mol. The minimum Gasteiger partial charge on any atom is -0.494 e. The molecule has 13 heteroatoms. The van der Waals surface area contributed by atoms with Crippen molar-refractivity contribution in [2.75, 3.05) is 56.4 Å². The summed E-state index contributed by atoms with van der Waals surface area (Å²) in [7, 11) is 1.33. The number of esters is 1. The van der Waals surface area contributed by atoms with E-state index in [1.807, 2.05) is 25.1 Å². The number of methoxy groups -OCH3 is 1. The number of carbonyl (C=O) groups is 4. The molecule has 4 N–H and O–H groups in total. The van der Waals surface area contributed by atoms with Gasteiger partial charge in [-0.15, -0.1) is 0 Å². The quantitative estimate of drug-likeness (QED) is 0.101. The number of anilines is 3. The highest BCUT2D eigenvalue weighted by atomic mass is 16.5. The highest BCUT2D eigenvalue weighted by molar-refractivity contribution is 6.10. The maximum atomic E-state index is 14.3. The third-order valence-corrected chi connectivity index (χ3v) is 10.6. The summed E-state index contributed by atoms with van der Waals surface area (Å²) in [6.07, 6.45) is 7.92. The molecule has 2 aromatic carbocycles. The molecule has 3 aliphatic rings. The fourth-order valence-electron chi connectivity index (χ4n) is 7.64. The summed E-state index contributed by atoms with van der Waals surface area (Å²) in [4.78, 5) is 58.1. The average molecular weight is 735 g/mol. The average Bonchev–Trinajstić information content (AvgIpc) is 3.73. The first-order chi connectivity index (χ1) is 25.6. The number of carbonyl (C=O) groups excluding carboxylic acids is 4. The van der Waals surface area contributed by atoms with Gasteiger partial charge in [-0.2, -0.15) is 0 Å². The van der Waals surface area contributed by atoms with Crippen molar-refractivity contribution in [3.63, 3.8) is 0 Å². The second-order valence-electron chi connectivity index (χ2n) is 14.0. The van der Waals surface area contributed by atoms with Gasteiger partial charge in [0, 0.05) is 49.7 Å². The SMILES string of the molecule is CCOc1ccc2c(c1)CC(NCCCCO)C(=O)N2c1ccc2c(c1)[C@](O)([C@@H](C)/C=C/CC(=O)N1CCC[C@H]1CO)C(=O)N2CCCCC(=O)OC. The Morgan fingerprint density at radius 1 is 1.08 bits per heavy atom. The second kappa shape index (κ2) is 18.2. The zero-order valence-corrected chi connectivity index (χ0v) is 31.1. The van der Waals surface area contributed by atoms with Crippen molar-refractivity contribution in [1.29, 1.82) is 0 Å². The van der Waals surface area contributed by atoms with Gasteiger partial charge in [0.2, 0.25) is 11.8 Å². The molecule has 3 amide bonds. The van der Waals surface area contributed by atoms with E-state index in [9.17, 15) is 34.5 Å². The van der Waals surface area contributed by atoms with Crippen LogP contribution >= 0.6 is 0 Å². The van der Waals surface area contributed by atoms with Crippen LogP contribution in [0.25, 0.3) is 0 Å².